The fraction of sp³-hybridized carbons (Fsp3) is 0.435. The minimum Gasteiger partial charge on any atom is -0.493 e. The van der Waals surface area contributed by atoms with Crippen molar-refractivity contribution < 1.29 is 23.7 Å². The van der Waals surface area contributed by atoms with Crippen LogP contribution in [0.3, 0.4) is 0 Å². The zero-order chi connectivity index (χ0) is 20.5. The molecule has 0 aliphatic rings. The second kappa shape index (κ2) is 10.7. The van der Waals surface area contributed by atoms with E-state index in [2.05, 4.69) is 13.0 Å². The Kier molecular flexibility index (Phi) is 8.33. The van der Waals surface area contributed by atoms with Crippen LogP contribution in [0.15, 0.2) is 29.8 Å². The molecular formula is C23H30O5. The molecule has 2 aromatic carbocycles. The van der Waals surface area contributed by atoms with E-state index in [4.69, 9.17) is 18.9 Å². The van der Waals surface area contributed by atoms with Crippen molar-refractivity contribution >= 4 is 22.8 Å². The molecule has 0 spiro atoms. The predicted molar refractivity (Wildman–Crippen MR) is 112 cm³/mol. The van der Waals surface area contributed by atoms with Crippen LogP contribution in [-0.4, -0.2) is 33.6 Å². The first kappa shape index (κ1) is 21.8. The third-order valence-corrected chi connectivity index (χ3v) is 4.51. The maximum Gasteiger partial charge on any atom is 0.333 e. The van der Waals surface area contributed by atoms with Crippen molar-refractivity contribution in [1.82, 2.24) is 0 Å². The monoisotopic (exact) mass is 386 g/mol. The van der Waals surface area contributed by atoms with Crippen LogP contribution < -0.4 is 9.47 Å². The molecule has 0 fully saturated rings. The Morgan fingerprint density at radius 1 is 1.14 bits per heavy atom. The minimum absolute atomic E-state index is 0.129. The third kappa shape index (κ3) is 4.84. The van der Waals surface area contributed by atoms with Gasteiger partial charge in [-0.15, -0.1) is 0 Å². The van der Waals surface area contributed by atoms with E-state index in [1.807, 2.05) is 38.1 Å². The molecule has 0 saturated carbocycles. The van der Waals surface area contributed by atoms with Crippen molar-refractivity contribution in [2.45, 2.75) is 40.0 Å². The highest BCUT2D eigenvalue weighted by Crippen LogP contribution is 2.41. The van der Waals surface area contributed by atoms with E-state index in [-0.39, 0.29) is 12.8 Å². The van der Waals surface area contributed by atoms with Crippen molar-refractivity contribution in [1.29, 1.82) is 0 Å². The van der Waals surface area contributed by atoms with Crippen LogP contribution in [0.25, 0.3) is 16.8 Å². The summed E-state index contributed by atoms with van der Waals surface area (Å²) in [7, 11) is 3.20. The zero-order valence-electron chi connectivity index (χ0n) is 17.5. The number of ether oxygens (including phenoxy) is 4. The van der Waals surface area contributed by atoms with Crippen LogP contribution in [0.2, 0.25) is 0 Å². The van der Waals surface area contributed by atoms with Gasteiger partial charge >= 0.3 is 5.97 Å². The van der Waals surface area contributed by atoms with E-state index in [0.29, 0.717) is 30.1 Å². The Morgan fingerprint density at radius 3 is 2.54 bits per heavy atom. The molecule has 0 aliphatic heterocycles. The molecule has 0 N–H and O–H groups in total. The summed E-state index contributed by atoms with van der Waals surface area (Å²) in [5.41, 5.74) is 2.70. The number of rotatable bonds is 10. The van der Waals surface area contributed by atoms with Gasteiger partial charge in [-0.05, 0) is 48.4 Å². The predicted octanol–water partition coefficient (Wildman–Crippen LogP) is 5.14. The topological polar surface area (TPSA) is 54.0 Å². The van der Waals surface area contributed by atoms with Crippen LogP contribution in [0.5, 0.6) is 11.5 Å². The number of hydrogen-bond donors (Lipinski definition) is 0. The SMILES string of the molecule is CCCc1cccc2c(/C=C(\CC)C(=O)OCC)cc(OC)c(OCOC)c12. The summed E-state index contributed by atoms with van der Waals surface area (Å²) in [5, 5.41) is 2.00. The van der Waals surface area contributed by atoms with Crippen LogP contribution in [0, 0.1) is 0 Å². The molecule has 0 aliphatic carbocycles. The van der Waals surface area contributed by atoms with Crippen molar-refractivity contribution in [2.75, 3.05) is 27.6 Å². The fourth-order valence-corrected chi connectivity index (χ4v) is 3.24. The number of carbonyl (C=O) groups excluding carboxylic acids is 1. The normalized spacial score (nSPS) is 11.5. The van der Waals surface area contributed by atoms with E-state index in [1.165, 1.54) is 5.56 Å². The van der Waals surface area contributed by atoms with Gasteiger partial charge < -0.3 is 18.9 Å². The van der Waals surface area contributed by atoms with Gasteiger partial charge in [-0.2, -0.15) is 0 Å². The maximum atomic E-state index is 12.3. The van der Waals surface area contributed by atoms with Gasteiger partial charge in [0.25, 0.3) is 0 Å². The molecule has 2 aromatic rings. The van der Waals surface area contributed by atoms with E-state index in [0.717, 1.165) is 29.2 Å². The first-order valence-corrected chi connectivity index (χ1v) is 9.73. The fourth-order valence-electron chi connectivity index (χ4n) is 3.24. The number of esters is 1. The van der Waals surface area contributed by atoms with E-state index in [1.54, 1.807) is 14.2 Å². The van der Waals surface area contributed by atoms with E-state index in [9.17, 15) is 4.79 Å². The highest BCUT2D eigenvalue weighted by molar-refractivity contribution is 6.02. The smallest absolute Gasteiger partial charge is 0.333 e. The molecule has 5 heteroatoms. The maximum absolute atomic E-state index is 12.3. The number of hydrogen-bond acceptors (Lipinski definition) is 5. The van der Waals surface area contributed by atoms with Gasteiger partial charge in [0, 0.05) is 18.1 Å². The highest BCUT2D eigenvalue weighted by atomic mass is 16.7. The molecule has 0 amide bonds. The lowest BCUT2D eigenvalue weighted by molar-refractivity contribution is -0.138. The van der Waals surface area contributed by atoms with Gasteiger partial charge in [0.15, 0.2) is 18.3 Å². The summed E-state index contributed by atoms with van der Waals surface area (Å²) in [6.07, 6.45) is 4.39. The van der Waals surface area contributed by atoms with Gasteiger partial charge in [-0.1, -0.05) is 38.5 Å². The molecule has 0 heterocycles. The number of fused-ring (bicyclic) bond motifs is 1. The lowest BCUT2D eigenvalue weighted by Gasteiger charge is -2.18. The summed E-state index contributed by atoms with van der Waals surface area (Å²) >= 11 is 0. The first-order valence-electron chi connectivity index (χ1n) is 9.73. The third-order valence-electron chi connectivity index (χ3n) is 4.51. The van der Waals surface area contributed by atoms with Crippen molar-refractivity contribution in [3.05, 3.63) is 41.0 Å². The summed E-state index contributed by atoms with van der Waals surface area (Å²) in [5.74, 6) is 0.981. The van der Waals surface area contributed by atoms with Crippen molar-refractivity contribution in [3.63, 3.8) is 0 Å². The molecule has 0 unspecified atom stereocenters. The molecule has 0 atom stereocenters. The molecule has 0 bridgehead atoms. The summed E-state index contributed by atoms with van der Waals surface area (Å²) in [4.78, 5) is 12.3. The van der Waals surface area contributed by atoms with E-state index < -0.39 is 0 Å². The Bertz CT molecular complexity index is 838. The van der Waals surface area contributed by atoms with Crippen molar-refractivity contribution in [3.8, 4) is 11.5 Å². The van der Waals surface area contributed by atoms with Crippen LogP contribution in [-0.2, 0) is 20.7 Å². The number of aryl methyl sites for hydroxylation is 1. The molecule has 28 heavy (non-hydrogen) atoms. The standard InChI is InChI=1S/C23H30O5/c1-6-10-17-11-9-12-19-18(13-16(7-2)23(24)27-8-3)14-20(26-5)22(21(17)19)28-15-25-4/h9,11-14H,6-8,10,15H2,1-5H3/b16-13+. The zero-order valence-corrected chi connectivity index (χ0v) is 17.5. The average Bonchev–Trinajstić information content (AvgIpc) is 2.71. The summed E-state index contributed by atoms with van der Waals surface area (Å²) < 4.78 is 21.8. The molecule has 0 saturated heterocycles. The van der Waals surface area contributed by atoms with Gasteiger partial charge in [0.05, 0.1) is 13.7 Å². The number of methoxy groups -OCH3 is 2. The summed E-state index contributed by atoms with van der Waals surface area (Å²) in [6.45, 7) is 6.38. The lowest BCUT2D eigenvalue weighted by Crippen LogP contribution is -2.07. The Hall–Kier alpha value is -2.53. The summed E-state index contributed by atoms with van der Waals surface area (Å²) in [6, 6.07) is 8.08. The largest absolute Gasteiger partial charge is 0.493 e. The highest BCUT2D eigenvalue weighted by Gasteiger charge is 2.18. The van der Waals surface area contributed by atoms with E-state index >= 15 is 0 Å². The number of carbonyl (C=O) groups is 1. The average molecular weight is 386 g/mol. The van der Waals surface area contributed by atoms with Crippen molar-refractivity contribution in [2.24, 2.45) is 0 Å². The molecule has 0 radical (unpaired) electrons. The van der Waals surface area contributed by atoms with Gasteiger partial charge in [-0.25, -0.2) is 4.79 Å². The number of benzene rings is 2. The second-order valence-electron chi connectivity index (χ2n) is 6.38. The molecule has 0 aromatic heterocycles. The Balaban J connectivity index is 2.77. The van der Waals surface area contributed by atoms with Crippen LogP contribution >= 0.6 is 0 Å². The van der Waals surface area contributed by atoms with Crippen LogP contribution in [0.1, 0.15) is 44.7 Å². The molecule has 2 rings (SSSR count). The lowest BCUT2D eigenvalue weighted by atomic mass is 9.95. The second-order valence-corrected chi connectivity index (χ2v) is 6.38. The van der Waals surface area contributed by atoms with Gasteiger partial charge in [0.2, 0.25) is 0 Å². The molecule has 152 valence electrons. The quantitative estimate of drug-likeness (QED) is 0.321. The Labute approximate surface area is 167 Å². The minimum atomic E-state index is -0.290. The molecular weight excluding hydrogens is 356 g/mol. The van der Waals surface area contributed by atoms with Gasteiger partial charge in [0.1, 0.15) is 0 Å². The molecule has 5 nitrogen and oxygen atoms in total. The Morgan fingerprint density at radius 2 is 1.93 bits per heavy atom. The van der Waals surface area contributed by atoms with Crippen LogP contribution in [0.4, 0.5) is 0 Å². The first-order chi connectivity index (χ1) is 13.6. The van der Waals surface area contributed by atoms with Gasteiger partial charge in [-0.3, -0.25) is 0 Å².